The number of aromatic amines is 1. The zero-order chi connectivity index (χ0) is 28.7. The van der Waals surface area contributed by atoms with Crippen LogP contribution in [-0.2, 0) is 0 Å². The highest BCUT2D eigenvalue weighted by atomic mass is 16.3. The number of likely N-dealkylation sites (tertiary alicyclic amines) is 1. The van der Waals surface area contributed by atoms with Crippen LogP contribution in [0.3, 0.4) is 0 Å². The molecular formula is C37H48N4O. The summed E-state index contributed by atoms with van der Waals surface area (Å²) in [5.74, 6) is 0.350. The van der Waals surface area contributed by atoms with Gasteiger partial charge in [-0.2, -0.15) is 0 Å². The normalized spacial score (nSPS) is 34.4. The van der Waals surface area contributed by atoms with Crippen molar-refractivity contribution in [3.05, 3.63) is 73.1 Å². The molecule has 0 saturated carbocycles. The number of piperidine rings is 1. The maximum Gasteiger partial charge on any atom is 0.0998 e. The minimum Gasteiger partial charge on any atom is -0.384 e. The van der Waals surface area contributed by atoms with Crippen LogP contribution < -0.4 is 0 Å². The average Bonchev–Trinajstić information content (AvgIpc) is 3.54. The van der Waals surface area contributed by atoms with Crippen molar-refractivity contribution in [3.8, 4) is 0 Å². The largest absolute Gasteiger partial charge is 0.384 e. The zero-order valence-electron chi connectivity index (χ0n) is 25.4. The first kappa shape index (κ1) is 28.1. The molecule has 5 heteroatoms. The zero-order valence-corrected chi connectivity index (χ0v) is 25.4. The quantitative estimate of drug-likeness (QED) is 0.241. The number of hydrogen-bond donors (Lipinski definition) is 2. The number of rotatable bonds is 6. The number of hydrogen-bond acceptors (Lipinski definition) is 4. The molecule has 7 rings (SSSR count). The highest BCUT2D eigenvalue weighted by Gasteiger charge is 2.65. The van der Waals surface area contributed by atoms with E-state index in [1.165, 1.54) is 48.4 Å². The van der Waals surface area contributed by atoms with Gasteiger partial charge in [0, 0.05) is 40.5 Å². The monoisotopic (exact) mass is 564 g/mol. The summed E-state index contributed by atoms with van der Waals surface area (Å²) in [6, 6.07) is 11.1. The Morgan fingerprint density at radius 2 is 1.98 bits per heavy atom. The molecule has 5 nitrogen and oxygen atoms in total. The second-order valence-corrected chi connectivity index (χ2v) is 13.6. The second-order valence-electron chi connectivity index (χ2n) is 13.6. The van der Waals surface area contributed by atoms with Gasteiger partial charge in [-0.1, -0.05) is 56.2 Å². The number of fused-ring (bicyclic) bond motifs is 4. The molecule has 3 aromatic rings. The van der Waals surface area contributed by atoms with Gasteiger partial charge in [0.25, 0.3) is 0 Å². The summed E-state index contributed by atoms with van der Waals surface area (Å²) in [5.41, 5.74) is 3.58. The van der Waals surface area contributed by atoms with E-state index in [-0.39, 0.29) is 17.5 Å². The molecule has 2 aromatic heterocycles. The summed E-state index contributed by atoms with van der Waals surface area (Å²) in [7, 11) is 0. The lowest BCUT2D eigenvalue weighted by Crippen LogP contribution is -2.65. The number of H-pyrrole nitrogens is 1. The van der Waals surface area contributed by atoms with E-state index in [1.54, 1.807) is 0 Å². The lowest BCUT2D eigenvalue weighted by Gasteiger charge is -2.58. The van der Waals surface area contributed by atoms with Crippen molar-refractivity contribution in [1.29, 1.82) is 0 Å². The van der Waals surface area contributed by atoms with Gasteiger partial charge in [0.05, 0.1) is 22.9 Å². The summed E-state index contributed by atoms with van der Waals surface area (Å²) in [5, 5.41) is 15.6. The lowest BCUT2D eigenvalue weighted by atomic mass is 9.54. The van der Waals surface area contributed by atoms with Gasteiger partial charge in [-0.05, 0) is 101 Å². The minimum absolute atomic E-state index is 0.0458. The molecule has 3 bridgehead atoms. The topological polar surface area (TPSA) is 55.4 Å². The van der Waals surface area contributed by atoms with E-state index in [9.17, 15) is 5.11 Å². The Morgan fingerprint density at radius 3 is 2.86 bits per heavy atom. The summed E-state index contributed by atoms with van der Waals surface area (Å²) in [6.07, 6.45) is 22.2. The van der Waals surface area contributed by atoms with Crippen LogP contribution in [0.4, 0.5) is 0 Å². The predicted molar refractivity (Wildman–Crippen MR) is 174 cm³/mol. The van der Waals surface area contributed by atoms with Gasteiger partial charge in [0.1, 0.15) is 0 Å². The number of aromatic nitrogens is 2. The van der Waals surface area contributed by atoms with E-state index < -0.39 is 5.60 Å². The van der Waals surface area contributed by atoms with Crippen molar-refractivity contribution in [2.24, 2.45) is 11.3 Å². The van der Waals surface area contributed by atoms with E-state index in [0.29, 0.717) is 5.92 Å². The van der Waals surface area contributed by atoms with Gasteiger partial charge in [0.2, 0.25) is 0 Å². The maximum absolute atomic E-state index is 13.1. The van der Waals surface area contributed by atoms with Gasteiger partial charge in [-0.25, -0.2) is 0 Å². The minimum atomic E-state index is -0.937. The van der Waals surface area contributed by atoms with Crippen LogP contribution in [0.5, 0.6) is 0 Å². The third-order valence-corrected chi connectivity index (χ3v) is 11.1. The van der Waals surface area contributed by atoms with Gasteiger partial charge in [0.15, 0.2) is 0 Å². The number of benzene rings is 1. The highest BCUT2D eigenvalue weighted by molar-refractivity contribution is 6.09. The third-order valence-electron chi connectivity index (χ3n) is 11.1. The van der Waals surface area contributed by atoms with Crippen molar-refractivity contribution in [2.75, 3.05) is 26.2 Å². The fourth-order valence-electron chi connectivity index (χ4n) is 9.36. The van der Waals surface area contributed by atoms with E-state index in [2.05, 4.69) is 82.9 Å². The Morgan fingerprint density at radius 1 is 1.10 bits per heavy atom. The van der Waals surface area contributed by atoms with Crippen LogP contribution in [0, 0.1) is 11.3 Å². The second kappa shape index (κ2) is 11.4. The molecule has 1 aromatic carbocycles. The molecule has 222 valence electrons. The van der Waals surface area contributed by atoms with Crippen molar-refractivity contribution >= 4 is 27.4 Å². The fourth-order valence-corrected chi connectivity index (χ4v) is 9.36. The van der Waals surface area contributed by atoms with E-state index in [1.807, 2.05) is 6.20 Å². The Kier molecular flexibility index (Phi) is 7.62. The molecular weight excluding hydrogens is 516 g/mol. The van der Waals surface area contributed by atoms with Crippen molar-refractivity contribution in [3.63, 3.8) is 0 Å². The molecule has 6 atom stereocenters. The highest BCUT2D eigenvalue weighted by Crippen LogP contribution is 2.61. The molecule has 42 heavy (non-hydrogen) atoms. The number of pyridine rings is 1. The van der Waals surface area contributed by atoms with Gasteiger partial charge in [-0.3, -0.25) is 9.88 Å². The van der Waals surface area contributed by atoms with Crippen LogP contribution in [0.2, 0.25) is 0 Å². The molecule has 0 amide bonds. The number of nitrogens with zero attached hydrogens (tertiary/aromatic N) is 3. The molecule has 1 aliphatic carbocycles. The first-order chi connectivity index (χ1) is 20.6. The maximum atomic E-state index is 13.1. The van der Waals surface area contributed by atoms with E-state index in [4.69, 9.17) is 4.98 Å². The Hall–Kier alpha value is -2.73. The summed E-state index contributed by atoms with van der Waals surface area (Å²) < 4.78 is 0. The van der Waals surface area contributed by atoms with Crippen LogP contribution in [0.15, 0.2) is 67.4 Å². The molecule has 2 N–H and O–H groups in total. The van der Waals surface area contributed by atoms with Crippen LogP contribution in [-0.4, -0.2) is 68.7 Å². The molecule has 1 unspecified atom stereocenters. The molecule has 2 saturated heterocycles. The van der Waals surface area contributed by atoms with Crippen LogP contribution in [0.1, 0.15) is 76.8 Å². The van der Waals surface area contributed by atoms with Crippen LogP contribution in [0.25, 0.3) is 27.4 Å². The Balaban J connectivity index is 1.43. The Labute approximate surface area is 251 Å². The van der Waals surface area contributed by atoms with Crippen LogP contribution >= 0.6 is 0 Å². The van der Waals surface area contributed by atoms with Gasteiger partial charge >= 0.3 is 0 Å². The summed E-state index contributed by atoms with van der Waals surface area (Å²) in [6.45, 7) is 11.0. The number of nitrogens with one attached hydrogen (secondary N) is 1. The number of aliphatic hydroxyl groups is 1. The molecule has 0 radical (unpaired) electrons. The van der Waals surface area contributed by atoms with Crippen molar-refractivity contribution in [1.82, 2.24) is 19.8 Å². The smallest absolute Gasteiger partial charge is 0.0998 e. The standard InChI is InChI=1S/C37H48N4O/c1-3-5-13-22-41-27(4-2)24-36-26-40-21-14-9-7-6-8-12-19-37(42,35(36)41)25-30(31(36)18-23-40)33-34-29(17-20-38-33)28-15-10-11-16-32(28)39-34/h4,6,8,10-11,15-17,20,25,27,31,35,39,42H,2-3,5,7,9,12-14,18-19,21-24,26H2,1H3/b8-6-/t27-,31-,35+,36-,37-/m0/s1. The van der Waals surface area contributed by atoms with Gasteiger partial charge in [-0.15, -0.1) is 6.58 Å². The lowest BCUT2D eigenvalue weighted by molar-refractivity contribution is -0.0893. The molecule has 1 spiro atoms. The average molecular weight is 565 g/mol. The number of unbranched alkanes of at least 4 members (excludes halogenated alkanes) is 2. The fraction of sp³-hybridized carbons (Fsp3) is 0.541. The molecule has 4 aliphatic rings. The van der Waals surface area contributed by atoms with Crippen molar-refractivity contribution < 1.29 is 5.11 Å². The molecule has 2 fully saturated rings. The third kappa shape index (κ3) is 4.60. The van der Waals surface area contributed by atoms with Crippen molar-refractivity contribution in [2.45, 2.75) is 88.8 Å². The summed E-state index contributed by atoms with van der Waals surface area (Å²) >= 11 is 0. The van der Waals surface area contributed by atoms with E-state index in [0.717, 1.165) is 75.0 Å². The van der Waals surface area contributed by atoms with Gasteiger partial charge < -0.3 is 15.0 Å². The Bertz CT molecular complexity index is 1500. The first-order valence-electron chi connectivity index (χ1n) is 16.6. The van der Waals surface area contributed by atoms with E-state index >= 15 is 0 Å². The number of para-hydroxylation sites is 1. The SMILES string of the molecule is C=C[C@H]1C[C@]23CN4CCCC/C=C\CC[C@](O)(C=C(c5nccc6c5[nH]c5ccccc56)[C@@H]2CC4)[C@@H]3N1CCCCC. The molecule has 5 heterocycles. The first-order valence-corrected chi connectivity index (χ1v) is 16.6. The molecule has 3 aliphatic heterocycles. The number of allylic oxidation sites excluding steroid dienone is 3. The summed E-state index contributed by atoms with van der Waals surface area (Å²) in [4.78, 5) is 14.3. The predicted octanol–water partition coefficient (Wildman–Crippen LogP) is 7.49.